The van der Waals surface area contributed by atoms with Gasteiger partial charge in [-0.1, -0.05) is 38.0 Å². The number of hydrogen-bond donors (Lipinski definition) is 4. The summed E-state index contributed by atoms with van der Waals surface area (Å²) in [7, 11) is 0. The van der Waals surface area contributed by atoms with E-state index in [0.717, 1.165) is 50.2 Å². The van der Waals surface area contributed by atoms with Crippen LogP contribution in [-0.4, -0.2) is 46.0 Å². The average Bonchev–Trinajstić information content (AvgIpc) is 3.37. The van der Waals surface area contributed by atoms with Gasteiger partial charge < -0.3 is 21.0 Å². The Kier molecular flexibility index (Phi) is 4.45. The van der Waals surface area contributed by atoms with Crippen LogP contribution in [0.25, 0.3) is 0 Å². The van der Waals surface area contributed by atoms with Gasteiger partial charge in [0.05, 0.1) is 22.5 Å². The van der Waals surface area contributed by atoms with Crippen molar-refractivity contribution in [3.63, 3.8) is 0 Å². The topological polar surface area (TPSA) is 89.2 Å². The summed E-state index contributed by atoms with van der Waals surface area (Å²) in [6, 6.07) is 0. The lowest BCUT2D eigenvalue weighted by Crippen LogP contribution is -2.57. The van der Waals surface area contributed by atoms with Gasteiger partial charge in [-0.25, -0.2) is 0 Å². The molecule has 0 aliphatic heterocycles. The first-order valence-corrected chi connectivity index (χ1v) is 10.9. The number of oxime groups is 2. The summed E-state index contributed by atoms with van der Waals surface area (Å²) in [6.07, 6.45) is 3.84. The summed E-state index contributed by atoms with van der Waals surface area (Å²) in [6.45, 7) is 15.2. The Hall–Kier alpha value is -1.14. The van der Waals surface area contributed by atoms with Gasteiger partial charge in [-0.2, -0.15) is 0 Å². The van der Waals surface area contributed by atoms with E-state index in [4.69, 9.17) is 0 Å². The Labute approximate surface area is 169 Å². The van der Waals surface area contributed by atoms with Gasteiger partial charge in [0, 0.05) is 13.1 Å². The molecule has 6 heteroatoms. The summed E-state index contributed by atoms with van der Waals surface area (Å²) >= 11 is 0. The van der Waals surface area contributed by atoms with E-state index in [2.05, 4.69) is 62.5 Å². The van der Waals surface area contributed by atoms with E-state index in [0.29, 0.717) is 34.5 Å². The molecule has 0 aromatic carbocycles. The molecule has 0 heterocycles. The molecule has 4 fully saturated rings. The molecule has 0 radical (unpaired) electrons. The van der Waals surface area contributed by atoms with Crippen LogP contribution in [0.1, 0.15) is 67.2 Å². The largest absolute Gasteiger partial charge is 0.411 e. The van der Waals surface area contributed by atoms with Crippen LogP contribution in [0.15, 0.2) is 10.3 Å². The molecule has 4 N–H and O–H groups in total. The van der Waals surface area contributed by atoms with Crippen molar-refractivity contribution < 1.29 is 10.4 Å². The van der Waals surface area contributed by atoms with Crippen molar-refractivity contribution in [2.45, 2.75) is 78.3 Å². The summed E-state index contributed by atoms with van der Waals surface area (Å²) in [5.41, 5.74) is 2.03. The molecule has 4 aliphatic rings. The van der Waals surface area contributed by atoms with Crippen molar-refractivity contribution in [1.82, 2.24) is 10.6 Å². The Bertz CT molecular complexity index is 655. The minimum Gasteiger partial charge on any atom is -0.411 e. The molecule has 0 aromatic heterocycles. The lowest BCUT2D eigenvalue weighted by atomic mass is 9.81. The average molecular weight is 391 g/mol. The fraction of sp³-hybridized carbons (Fsp3) is 0.909. The van der Waals surface area contributed by atoms with Crippen molar-refractivity contribution in [3.05, 3.63) is 0 Å². The van der Waals surface area contributed by atoms with E-state index >= 15 is 0 Å². The predicted molar refractivity (Wildman–Crippen MR) is 111 cm³/mol. The molecular weight excluding hydrogens is 352 g/mol. The maximum atomic E-state index is 9.57. The van der Waals surface area contributed by atoms with Gasteiger partial charge in [0.2, 0.25) is 0 Å². The highest BCUT2D eigenvalue weighted by Gasteiger charge is 2.64. The Morgan fingerprint density at radius 3 is 1.39 bits per heavy atom. The maximum absolute atomic E-state index is 9.57. The maximum Gasteiger partial charge on any atom is 0.0771 e. The highest BCUT2D eigenvalue weighted by molar-refractivity contribution is 5.95. The van der Waals surface area contributed by atoms with E-state index in [1.165, 1.54) is 0 Å². The Morgan fingerprint density at radius 1 is 0.714 bits per heavy atom. The minimum atomic E-state index is -0.240. The van der Waals surface area contributed by atoms with Gasteiger partial charge in [-0.05, 0) is 74.0 Å². The standard InChI is InChI=1S/C22H38N4O2/c1-19(2)13-9-17(25-27)21(5,11-15(13)19)23-7-8-24-22(6)12-16-14(20(16,3)4)10-18(22)26-28/h13-16,23-24,27-28H,7-12H2,1-6H3/b25-17+,26-18+/t13-,14-,15+,16+,21+,22+/m1/s1. The summed E-state index contributed by atoms with van der Waals surface area (Å²) < 4.78 is 0. The van der Waals surface area contributed by atoms with Crippen molar-refractivity contribution >= 4 is 11.4 Å². The molecule has 6 nitrogen and oxygen atoms in total. The third kappa shape index (κ3) is 2.90. The summed E-state index contributed by atoms with van der Waals surface area (Å²) in [5, 5.41) is 33.8. The second-order valence-electron chi connectivity index (χ2n) is 11.5. The Morgan fingerprint density at radius 2 is 1.07 bits per heavy atom. The van der Waals surface area contributed by atoms with Crippen LogP contribution in [-0.2, 0) is 0 Å². The SMILES string of the molecule is CC1(C)[C@@H]2C/C(=N\O)[C@@](C)(NCCN[C@@]3(C)C[C@H]4[C@@H](C/C3=N\O)C4(C)C)C[C@@H]21. The first-order valence-electron chi connectivity index (χ1n) is 10.9. The molecule has 0 aromatic rings. The molecular formula is C22H38N4O2. The van der Waals surface area contributed by atoms with Gasteiger partial charge in [-0.15, -0.1) is 0 Å². The van der Waals surface area contributed by atoms with Crippen LogP contribution in [0, 0.1) is 34.5 Å². The molecule has 6 atom stereocenters. The number of rotatable bonds is 5. The lowest BCUT2D eigenvalue weighted by Gasteiger charge is -2.37. The van der Waals surface area contributed by atoms with Crippen LogP contribution < -0.4 is 10.6 Å². The third-order valence-electron chi connectivity index (χ3n) is 9.33. The van der Waals surface area contributed by atoms with Crippen LogP contribution in [0.3, 0.4) is 0 Å². The zero-order chi connectivity index (χ0) is 20.5. The zero-order valence-electron chi connectivity index (χ0n) is 18.3. The monoisotopic (exact) mass is 390 g/mol. The molecule has 158 valence electrons. The van der Waals surface area contributed by atoms with E-state index in [1.54, 1.807) is 0 Å². The predicted octanol–water partition coefficient (Wildman–Crippen LogP) is 3.48. The minimum absolute atomic E-state index is 0.240. The van der Waals surface area contributed by atoms with E-state index in [1.807, 2.05) is 0 Å². The molecule has 0 unspecified atom stereocenters. The van der Waals surface area contributed by atoms with Gasteiger partial charge >= 0.3 is 0 Å². The normalized spacial score (nSPS) is 48.2. The Balaban J connectivity index is 1.34. The highest BCUT2D eigenvalue weighted by atomic mass is 16.4. The smallest absolute Gasteiger partial charge is 0.0771 e. The first-order chi connectivity index (χ1) is 13.0. The van der Waals surface area contributed by atoms with E-state index in [9.17, 15) is 10.4 Å². The van der Waals surface area contributed by atoms with Crippen LogP contribution >= 0.6 is 0 Å². The summed E-state index contributed by atoms with van der Waals surface area (Å²) in [5.74, 6) is 2.74. The van der Waals surface area contributed by atoms with E-state index in [-0.39, 0.29) is 11.1 Å². The van der Waals surface area contributed by atoms with Gasteiger partial charge in [0.1, 0.15) is 0 Å². The fourth-order valence-corrected chi connectivity index (χ4v) is 6.65. The van der Waals surface area contributed by atoms with Crippen molar-refractivity contribution in [3.8, 4) is 0 Å². The lowest BCUT2D eigenvalue weighted by molar-refractivity contribution is 0.285. The number of fused-ring (bicyclic) bond motifs is 2. The summed E-state index contributed by atoms with van der Waals surface area (Å²) in [4.78, 5) is 0. The fourth-order valence-electron chi connectivity index (χ4n) is 6.65. The second-order valence-corrected chi connectivity index (χ2v) is 11.5. The van der Waals surface area contributed by atoms with Crippen LogP contribution in [0.5, 0.6) is 0 Å². The molecule has 0 amide bonds. The molecule has 28 heavy (non-hydrogen) atoms. The van der Waals surface area contributed by atoms with Crippen molar-refractivity contribution in [1.29, 1.82) is 0 Å². The van der Waals surface area contributed by atoms with Crippen LogP contribution in [0.2, 0.25) is 0 Å². The van der Waals surface area contributed by atoms with Crippen molar-refractivity contribution in [2.24, 2.45) is 44.8 Å². The number of nitrogens with zero attached hydrogens (tertiary/aromatic N) is 2. The zero-order valence-corrected chi connectivity index (χ0v) is 18.3. The van der Waals surface area contributed by atoms with E-state index < -0.39 is 0 Å². The molecule has 4 aliphatic carbocycles. The third-order valence-corrected chi connectivity index (χ3v) is 9.33. The number of nitrogens with one attached hydrogen (secondary N) is 2. The molecule has 4 saturated carbocycles. The quantitative estimate of drug-likeness (QED) is 0.329. The molecule has 4 rings (SSSR count). The molecule has 0 bridgehead atoms. The highest BCUT2D eigenvalue weighted by Crippen LogP contribution is 2.66. The number of hydrogen-bond acceptors (Lipinski definition) is 6. The van der Waals surface area contributed by atoms with Gasteiger partial charge in [-0.3, -0.25) is 0 Å². The van der Waals surface area contributed by atoms with Gasteiger partial charge in [0.15, 0.2) is 0 Å². The second kappa shape index (κ2) is 6.18. The molecule has 0 saturated heterocycles. The first kappa shape index (κ1) is 20.1. The van der Waals surface area contributed by atoms with Crippen LogP contribution in [0.4, 0.5) is 0 Å². The van der Waals surface area contributed by atoms with Crippen molar-refractivity contribution in [2.75, 3.05) is 13.1 Å². The van der Waals surface area contributed by atoms with Gasteiger partial charge in [0.25, 0.3) is 0 Å². The molecule has 0 spiro atoms.